The smallest absolute Gasteiger partial charge is 0.234 e. The first-order valence-corrected chi connectivity index (χ1v) is 7.20. The van der Waals surface area contributed by atoms with E-state index in [9.17, 15) is 4.79 Å². The molecule has 1 atom stereocenters. The molecule has 2 N–H and O–H groups in total. The molecule has 1 amide bonds. The van der Waals surface area contributed by atoms with Gasteiger partial charge in [0, 0.05) is 19.3 Å². The van der Waals surface area contributed by atoms with Crippen LogP contribution in [0.15, 0.2) is 24.4 Å². The van der Waals surface area contributed by atoms with Crippen LogP contribution < -0.4 is 10.6 Å². The maximum absolute atomic E-state index is 11.8. The minimum absolute atomic E-state index is 0. The zero-order chi connectivity index (χ0) is 14.5. The molecule has 0 spiro atoms. The number of hydrogen-bond donors (Lipinski definition) is 2. The minimum atomic E-state index is -0.0549. The van der Waals surface area contributed by atoms with Gasteiger partial charge in [0.15, 0.2) is 11.5 Å². The van der Waals surface area contributed by atoms with Crippen molar-refractivity contribution >= 4 is 36.4 Å². The van der Waals surface area contributed by atoms with Gasteiger partial charge in [0.25, 0.3) is 0 Å². The van der Waals surface area contributed by atoms with E-state index in [-0.39, 0.29) is 43.4 Å². The Bertz CT molecular complexity index is 616. The molecule has 128 valence electrons. The number of nitrogens with zero attached hydrogens (tertiary/aromatic N) is 3. The molecule has 0 bridgehead atoms. The van der Waals surface area contributed by atoms with E-state index in [0.29, 0.717) is 6.54 Å². The number of amides is 1. The summed E-state index contributed by atoms with van der Waals surface area (Å²) in [5, 5.41) is 14.1. The molecule has 3 heterocycles. The van der Waals surface area contributed by atoms with Crippen LogP contribution >= 0.6 is 24.8 Å². The van der Waals surface area contributed by atoms with Gasteiger partial charge in [-0.2, -0.15) is 0 Å². The Labute approximate surface area is 147 Å². The Hall–Kier alpha value is -1.41. The molecular weight excluding hydrogens is 341 g/mol. The fourth-order valence-electron chi connectivity index (χ4n) is 2.40. The summed E-state index contributed by atoms with van der Waals surface area (Å²) in [6, 6.07) is 5.69. The van der Waals surface area contributed by atoms with Gasteiger partial charge in [0.05, 0.1) is 19.2 Å². The predicted octanol–water partition coefficient (Wildman–Crippen LogP) is 0.958. The molecule has 0 radical (unpaired) electrons. The number of fused-ring (bicyclic) bond motifs is 1. The van der Waals surface area contributed by atoms with Gasteiger partial charge in [-0.05, 0) is 25.0 Å². The highest BCUT2D eigenvalue weighted by atomic mass is 35.5. The third-order valence-electron chi connectivity index (χ3n) is 3.51. The SMILES string of the molecule is Cl.Cl.O=C(CNCC1CCCO1)NCc1nnc2ccccn12. The number of carbonyl (C=O) groups is 1. The van der Waals surface area contributed by atoms with E-state index in [1.54, 1.807) is 0 Å². The van der Waals surface area contributed by atoms with E-state index in [1.165, 1.54) is 0 Å². The molecule has 1 fully saturated rings. The number of rotatable bonds is 6. The van der Waals surface area contributed by atoms with Gasteiger partial charge in [-0.25, -0.2) is 0 Å². The van der Waals surface area contributed by atoms with Crippen molar-refractivity contribution in [3.8, 4) is 0 Å². The fourth-order valence-corrected chi connectivity index (χ4v) is 2.40. The van der Waals surface area contributed by atoms with Gasteiger partial charge < -0.3 is 15.4 Å². The third-order valence-corrected chi connectivity index (χ3v) is 3.51. The number of pyridine rings is 1. The molecule has 1 saturated heterocycles. The fraction of sp³-hybridized carbons (Fsp3) is 0.500. The van der Waals surface area contributed by atoms with Crippen molar-refractivity contribution in [3.63, 3.8) is 0 Å². The van der Waals surface area contributed by atoms with Crippen molar-refractivity contribution in [2.45, 2.75) is 25.5 Å². The molecule has 0 aliphatic carbocycles. The maximum Gasteiger partial charge on any atom is 0.234 e. The Morgan fingerprint density at radius 3 is 3.00 bits per heavy atom. The summed E-state index contributed by atoms with van der Waals surface area (Å²) in [7, 11) is 0. The first-order valence-electron chi connectivity index (χ1n) is 7.20. The lowest BCUT2D eigenvalue weighted by molar-refractivity contribution is -0.120. The van der Waals surface area contributed by atoms with E-state index >= 15 is 0 Å². The molecule has 3 rings (SSSR count). The molecule has 1 aliphatic rings. The van der Waals surface area contributed by atoms with Crippen LogP contribution in [0, 0.1) is 0 Å². The molecule has 0 aromatic carbocycles. The van der Waals surface area contributed by atoms with E-state index in [2.05, 4.69) is 20.8 Å². The molecule has 9 heteroatoms. The van der Waals surface area contributed by atoms with E-state index in [0.717, 1.165) is 37.5 Å². The van der Waals surface area contributed by atoms with Crippen molar-refractivity contribution < 1.29 is 9.53 Å². The molecule has 7 nitrogen and oxygen atoms in total. The van der Waals surface area contributed by atoms with Crippen molar-refractivity contribution in [1.29, 1.82) is 0 Å². The Balaban J connectivity index is 0.00000132. The van der Waals surface area contributed by atoms with Crippen LogP contribution in [-0.2, 0) is 16.1 Å². The number of hydrogen-bond acceptors (Lipinski definition) is 5. The summed E-state index contributed by atoms with van der Waals surface area (Å²) in [6.07, 6.45) is 4.31. The molecule has 23 heavy (non-hydrogen) atoms. The zero-order valence-electron chi connectivity index (χ0n) is 12.6. The maximum atomic E-state index is 11.8. The molecule has 0 saturated carbocycles. The van der Waals surface area contributed by atoms with Gasteiger partial charge in [0.2, 0.25) is 5.91 Å². The number of aromatic nitrogens is 3. The summed E-state index contributed by atoms with van der Waals surface area (Å²) in [5.41, 5.74) is 0.776. The van der Waals surface area contributed by atoms with Crippen molar-refractivity contribution in [3.05, 3.63) is 30.2 Å². The van der Waals surface area contributed by atoms with Crippen molar-refractivity contribution in [1.82, 2.24) is 25.2 Å². The highest BCUT2D eigenvalue weighted by Gasteiger charge is 2.15. The van der Waals surface area contributed by atoms with Gasteiger partial charge >= 0.3 is 0 Å². The topological polar surface area (TPSA) is 80.5 Å². The first kappa shape index (κ1) is 19.6. The van der Waals surface area contributed by atoms with Gasteiger partial charge in [-0.15, -0.1) is 35.0 Å². The standard InChI is InChI=1S/C14H19N5O2.2ClH/c20-14(10-15-8-11-4-3-7-21-11)16-9-13-18-17-12-5-1-2-6-19(12)13;;/h1-2,5-6,11,15H,3-4,7-10H2,(H,16,20);2*1H. The summed E-state index contributed by atoms with van der Waals surface area (Å²) in [5.74, 6) is 0.666. The van der Waals surface area contributed by atoms with E-state index < -0.39 is 0 Å². The van der Waals surface area contributed by atoms with Crippen LogP contribution in [0.4, 0.5) is 0 Å². The zero-order valence-corrected chi connectivity index (χ0v) is 14.2. The van der Waals surface area contributed by atoms with Crippen LogP contribution in [0.5, 0.6) is 0 Å². The number of ether oxygens (including phenoxy) is 1. The molecule has 2 aromatic rings. The van der Waals surface area contributed by atoms with Gasteiger partial charge in [-0.3, -0.25) is 9.20 Å². The minimum Gasteiger partial charge on any atom is -0.377 e. The number of carbonyl (C=O) groups excluding carboxylic acids is 1. The van der Waals surface area contributed by atoms with Crippen LogP contribution in [-0.4, -0.2) is 46.3 Å². The van der Waals surface area contributed by atoms with Crippen molar-refractivity contribution in [2.75, 3.05) is 19.7 Å². The molecule has 1 aliphatic heterocycles. The largest absolute Gasteiger partial charge is 0.377 e. The van der Waals surface area contributed by atoms with Crippen molar-refractivity contribution in [2.24, 2.45) is 0 Å². The summed E-state index contributed by atoms with van der Waals surface area (Å²) >= 11 is 0. The highest BCUT2D eigenvalue weighted by Crippen LogP contribution is 2.10. The quantitative estimate of drug-likeness (QED) is 0.800. The number of nitrogens with one attached hydrogen (secondary N) is 2. The summed E-state index contributed by atoms with van der Waals surface area (Å²) in [6.45, 7) is 2.21. The van der Waals surface area contributed by atoms with E-state index in [4.69, 9.17) is 4.74 Å². The van der Waals surface area contributed by atoms with Crippen LogP contribution in [0.25, 0.3) is 5.65 Å². The van der Waals surface area contributed by atoms with E-state index in [1.807, 2.05) is 28.8 Å². The lowest BCUT2D eigenvalue weighted by atomic mass is 10.2. The van der Waals surface area contributed by atoms with Gasteiger partial charge in [0.1, 0.15) is 0 Å². The lowest BCUT2D eigenvalue weighted by Gasteiger charge is -2.10. The van der Waals surface area contributed by atoms with Crippen LogP contribution in [0.1, 0.15) is 18.7 Å². The first-order chi connectivity index (χ1) is 10.3. The van der Waals surface area contributed by atoms with Crippen LogP contribution in [0.2, 0.25) is 0 Å². The second-order valence-corrected chi connectivity index (χ2v) is 5.09. The normalized spacial score (nSPS) is 16.6. The summed E-state index contributed by atoms with van der Waals surface area (Å²) < 4.78 is 7.35. The third kappa shape index (κ3) is 5.31. The second-order valence-electron chi connectivity index (χ2n) is 5.09. The lowest BCUT2D eigenvalue weighted by Crippen LogP contribution is -2.37. The molecular formula is C14H21Cl2N5O2. The average molecular weight is 362 g/mol. The van der Waals surface area contributed by atoms with Gasteiger partial charge in [-0.1, -0.05) is 6.07 Å². The van der Waals surface area contributed by atoms with Crippen LogP contribution in [0.3, 0.4) is 0 Å². The average Bonchev–Trinajstić information content (AvgIpc) is 3.14. The Morgan fingerprint density at radius 2 is 2.22 bits per heavy atom. The number of halogens is 2. The Morgan fingerprint density at radius 1 is 1.35 bits per heavy atom. The molecule has 2 aromatic heterocycles. The second kappa shape index (κ2) is 9.67. The summed E-state index contributed by atoms with van der Waals surface area (Å²) in [4.78, 5) is 11.8. The highest BCUT2D eigenvalue weighted by molar-refractivity contribution is 5.85. The monoisotopic (exact) mass is 361 g/mol. The predicted molar refractivity (Wildman–Crippen MR) is 91.2 cm³/mol. The molecule has 1 unspecified atom stereocenters. The Kier molecular flexibility index (Phi) is 8.25.